The Labute approximate surface area is 154 Å². The first-order valence-corrected chi connectivity index (χ1v) is 8.42. The molecule has 1 fully saturated rings. The first-order valence-electron chi connectivity index (χ1n) is 8.05. The molecule has 0 spiro atoms. The van der Waals surface area contributed by atoms with Crippen molar-refractivity contribution in [1.82, 2.24) is 9.80 Å². The van der Waals surface area contributed by atoms with Crippen LogP contribution in [0.3, 0.4) is 0 Å². The van der Waals surface area contributed by atoms with Crippen LogP contribution in [0.1, 0.15) is 20.7 Å². The third-order valence-electron chi connectivity index (χ3n) is 4.26. The van der Waals surface area contributed by atoms with Gasteiger partial charge in [-0.25, -0.2) is 0 Å². The molecule has 0 atom stereocenters. The second kappa shape index (κ2) is 7.53. The van der Waals surface area contributed by atoms with Crippen LogP contribution in [-0.4, -0.2) is 52.7 Å². The lowest BCUT2D eigenvalue weighted by Gasteiger charge is -2.34. The fraction of sp³-hybridized carbons (Fsp3) is 0.222. The summed E-state index contributed by atoms with van der Waals surface area (Å²) in [4.78, 5) is 38.7. The average Bonchev–Trinajstić information content (AvgIpc) is 2.68. The lowest BCUT2D eigenvalue weighted by atomic mass is 10.1. The van der Waals surface area contributed by atoms with Crippen LogP contribution in [0.15, 0.2) is 48.5 Å². The second-order valence-corrected chi connectivity index (χ2v) is 6.28. The highest BCUT2D eigenvalue weighted by Crippen LogP contribution is 2.26. The number of halogens is 1. The maximum absolute atomic E-state index is 12.6. The predicted molar refractivity (Wildman–Crippen MR) is 96.4 cm³/mol. The summed E-state index contributed by atoms with van der Waals surface area (Å²) < 4.78 is 0. The fourth-order valence-corrected chi connectivity index (χ4v) is 3.03. The van der Waals surface area contributed by atoms with Gasteiger partial charge in [-0.3, -0.25) is 19.7 Å². The van der Waals surface area contributed by atoms with Gasteiger partial charge in [0.05, 0.1) is 4.92 Å². The number of piperazine rings is 1. The molecule has 8 heteroatoms. The standard InChI is InChI=1S/C18H16ClN3O4/c19-15-7-6-14(12-16(15)22(25)26)18(24)21-10-8-20(9-11-21)17(23)13-4-2-1-3-5-13/h1-7,12H,8-11H2. The number of nitro groups is 1. The van der Waals surface area contributed by atoms with Gasteiger partial charge < -0.3 is 9.80 Å². The van der Waals surface area contributed by atoms with E-state index < -0.39 is 4.92 Å². The lowest BCUT2D eigenvalue weighted by Crippen LogP contribution is -2.50. The Bertz CT molecular complexity index is 849. The zero-order chi connectivity index (χ0) is 18.7. The summed E-state index contributed by atoms with van der Waals surface area (Å²) in [6.07, 6.45) is 0. The van der Waals surface area contributed by atoms with Crippen molar-refractivity contribution in [2.45, 2.75) is 0 Å². The molecule has 1 heterocycles. The van der Waals surface area contributed by atoms with E-state index in [-0.39, 0.29) is 28.1 Å². The van der Waals surface area contributed by atoms with E-state index in [0.717, 1.165) is 0 Å². The molecule has 1 aliphatic heterocycles. The molecular formula is C18H16ClN3O4. The fourth-order valence-electron chi connectivity index (χ4n) is 2.84. The number of rotatable bonds is 3. The Kier molecular flexibility index (Phi) is 5.18. The second-order valence-electron chi connectivity index (χ2n) is 5.87. The Morgan fingerprint density at radius 2 is 1.42 bits per heavy atom. The number of carbonyl (C=O) groups excluding carboxylic acids is 2. The first-order chi connectivity index (χ1) is 12.5. The Morgan fingerprint density at radius 1 is 0.885 bits per heavy atom. The third-order valence-corrected chi connectivity index (χ3v) is 4.58. The minimum Gasteiger partial charge on any atom is -0.335 e. The number of nitro benzene ring substituents is 1. The van der Waals surface area contributed by atoms with Gasteiger partial charge in [0.15, 0.2) is 0 Å². The predicted octanol–water partition coefficient (Wildman–Crippen LogP) is 2.85. The van der Waals surface area contributed by atoms with Gasteiger partial charge in [-0.1, -0.05) is 29.8 Å². The molecule has 0 radical (unpaired) electrons. The molecule has 0 N–H and O–H groups in total. The van der Waals surface area contributed by atoms with Gasteiger partial charge in [-0.05, 0) is 24.3 Å². The zero-order valence-corrected chi connectivity index (χ0v) is 14.6. The van der Waals surface area contributed by atoms with Crippen molar-refractivity contribution in [2.75, 3.05) is 26.2 Å². The lowest BCUT2D eigenvalue weighted by molar-refractivity contribution is -0.384. The van der Waals surface area contributed by atoms with Crippen LogP contribution in [0.25, 0.3) is 0 Å². The molecule has 7 nitrogen and oxygen atoms in total. The number of hydrogen-bond donors (Lipinski definition) is 0. The van der Waals surface area contributed by atoms with Crippen molar-refractivity contribution in [3.8, 4) is 0 Å². The van der Waals surface area contributed by atoms with Crippen LogP contribution in [-0.2, 0) is 0 Å². The number of nitrogens with zero attached hydrogens (tertiary/aromatic N) is 3. The van der Waals surface area contributed by atoms with Crippen molar-refractivity contribution in [1.29, 1.82) is 0 Å². The highest BCUT2D eigenvalue weighted by molar-refractivity contribution is 6.32. The molecule has 0 bridgehead atoms. The molecule has 3 rings (SSSR count). The van der Waals surface area contributed by atoms with E-state index in [1.54, 1.807) is 34.1 Å². The molecule has 2 amide bonds. The van der Waals surface area contributed by atoms with Crippen LogP contribution in [0.5, 0.6) is 0 Å². The van der Waals surface area contributed by atoms with Crippen LogP contribution in [0.2, 0.25) is 5.02 Å². The van der Waals surface area contributed by atoms with Crippen molar-refractivity contribution in [2.24, 2.45) is 0 Å². The summed E-state index contributed by atoms with van der Waals surface area (Å²) in [5, 5.41) is 11.0. The molecular weight excluding hydrogens is 358 g/mol. The Morgan fingerprint density at radius 3 is 1.96 bits per heavy atom. The molecule has 1 aliphatic rings. The molecule has 26 heavy (non-hydrogen) atoms. The van der Waals surface area contributed by atoms with E-state index >= 15 is 0 Å². The summed E-state index contributed by atoms with van der Waals surface area (Å²) in [7, 11) is 0. The topological polar surface area (TPSA) is 83.8 Å². The minimum absolute atomic E-state index is 0.00942. The summed E-state index contributed by atoms with van der Waals surface area (Å²) in [6, 6.07) is 13.0. The van der Waals surface area contributed by atoms with E-state index in [1.807, 2.05) is 6.07 Å². The Balaban J connectivity index is 1.66. The molecule has 0 unspecified atom stereocenters. The molecule has 0 saturated carbocycles. The molecule has 2 aromatic rings. The minimum atomic E-state index is -0.615. The third kappa shape index (κ3) is 3.67. The zero-order valence-electron chi connectivity index (χ0n) is 13.8. The van der Waals surface area contributed by atoms with Gasteiger partial charge in [0.1, 0.15) is 5.02 Å². The largest absolute Gasteiger partial charge is 0.335 e. The summed E-state index contributed by atoms with van der Waals surface area (Å²) in [5.74, 6) is -0.378. The highest BCUT2D eigenvalue weighted by atomic mass is 35.5. The van der Waals surface area contributed by atoms with E-state index in [1.165, 1.54) is 18.2 Å². The van der Waals surface area contributed by atoms with Gasteiger partial charge in [0, 0.05) is 43.4 Å². The summed E-state index contributed by atoms with van der Waals surface area (Å²) in [6.45, 7) is 1.56. The van der Waals surface area contributed by atoms with Crippen LogP contribution in [0, 0.1) is 10.1 Å². The Hall–Kier alpha value is -2.93. The van der Waals surface area contributed by atoms with Crippen LogP contribution < -0.4 is 0 Å². The van der Waals surface area contributed by atoms with Gasteiger partial charge >= 0.3 is 0 Å². The normalized spacial score (nSPS) is 14.2. The number of amides is 2. The van der Waals surface area contributed by atoms with Gasteiger partial charge in [-0.2, -0.15) is 0 Å². The molecule has 2 aromatic carbocycles. The molecule has 0 aliphatic carbocycles. The highest BCUT2D eigenvalue weighted by Gasteiger charge is 2.26. The monoisotopic (exact) mass is 373 g/mol. The smallest absolute Gasteiger partial charge is 0.288 e. The summed E-state index contributed by atoms with van der Waals surface area (Å²) >= 11 is 5.78. The van der Waals surface area contributed by atoms with E-state index in [4.69, 9.17) is 11.6 Å². The molecule has 0 aromatic heterocycles. The van der Waals surface area contributed by atoms with Crippen molar-refractivity contribution in [3.05, 3.63) is 74.8 Å². The van der Waals surface area contributed by atoms with E-state index in [2.05, 4.69) is 0 Å². The molecule has 1 saturated heterocycles. The maximum Gasteiger partial charge on any atom is 0.288 e. The van der Waals surface area contributed by atoms with E-state index in [9.17, 15) is 19.7 Å². The molecule has 134 valence electrons. The first kappa shape index (κ1) is 17.9. The number of carbonyl (C=O) groups is 2. The van der Waals surface area contributed by atoms with Crippen molar-refractivity contribution >= 4 is 29.1 Å². The van der Waals surface area contributed by atoms with Crippen LogP contribution in [0.4, 0.5) is 5.69 Å². The maximum atomic E-state index is 12.6. The number of hydrogen-bond acceptors (Lipinski definition) is 4. The quantitative estimate of drug-likeness (QED) is 0.611. The number of benzene rings is 2. The average molecular weight is 374 g/mol. The van der Waals surface area contributed by atoms with Gasteiger partial charge in [-0.15, -0.1) is 0 Å². The van der Waals surface area contributed by atoms with E-state index in [0.29, 0.717) is 31.7 Å². The summed E-state index contributed by atoms with van der Waals surface area (Å²) in [5.41, 5.74) is 0.528. The van der Waals surface area contributed by atoms with Gasteiger partial charge in [0.2, 0.25) is 0 Å². The van der Waals surface area contributed by atoms with Crippen molar-refractivity contribution < 1.29 is 14.5 Å². The van der Waals surface area contributed by atoms with Crippen LogP contribution >= 0.6 is 11.6 Å². The van der Waals surface area contributed by atoms with Crippen molar-refractivity contribution in [3.63, 3.8) is 0 Å². The SMILES string of the molecule is O=C(c1ccccc1)N1CCN(C(=O)c2ccc(Cl)c([N+](=O)[O-])c2)CC1. The van der Waals surface area contributed by atoms with Gasteiger partial charge in [0.25, 0.3) is 17.5 Å².